The zero-order valence-electron chi connectivity index (χ0n) is 10.6. The van der Waals surface area contributed by atoms with Crippen molar-refractivity contribution in [3.05, 3.63) is 50.6 Å². The second kappa shape index (κ2) is 6.36. The summed E-state index contributed by atoms with van der Waals surface area (Å²) in [5.41, 5.74) is 2.59. The van der Waals surface area contributed by atoms with Crippen LogP contribution in [0, 0.1) is 0 Å². The minimum Gasteiger partial charge on any atom is -0.369 e. The van der Waals surface area contributed by atoms with Gasteiger partial charge in [-0.3, -0.25) is 0 Å². The Hall–Kier alpha value is -0.840. The highest BCUT2D eigenvalue weighted by molar-refractivity contribution is 9.10. The summed E-state index contributed by atoms with van der Waals surface area (Å²) in [6.45, 7) is 1.83. The molecule has 1 heterocycles. The molecule has 0 amide bonds. The first kappa shape index (κ1) is 13.6. The average Bonchev–Trinajstić information content (AvgIpc) is 2.82. The second-order valence-electron chi connectivity index (χ2n) is 4.24. The van der Waals surface area contributed by atoms with Crippen molar-refractivity contribution in [2.24, 2.45) is 0 Å². The Morgan fingerprint density at radius 3 is 2.83 bits per heavy atom. The standard InChI is InChI=1S/C14H17BrN2S/c1-16-9-11-8-12(15)5-6-14(11)17(2)10-13-4-3-7-18-13/h3-8,16H,9-10H2,1-2H3. The van der Waals surface area contributed by atoms with E-state index in [1.807, 2.05) is 7.05 Å². The number of nitrogens with one attached hydrogen (secondary N) is 1. The first-order valence-electron chi connectivity index (χ1n) is 5.87. The first-order valence-corrected chi connectivity index (χ1v) is 7.54. The SMILES string of the molecule is CNCc1cc(Br)ccc1N(C)Cc1cccs1. The van der Waals surface area contributed by atoms with Crippen LogP contribution in [-0.2, 0) is 13.1 Å². The third-order valence-electron chi connectivity index (χ3n) is 2.79. The number of anilines is 1. The lowest BCUT2D eigenvalue weighted by atomic mass is 10.1. The fourth-order valence-electron chi connectivity index (χ4n) is 1.98. The molecule has 1 N–H and O–H groups in total. The molecule has 0 unspecified atom stereocenters. The number of rotatable bonds is 5. The third-order valence-corrected chi connectivity index (χ3v) is 4.15. The Morgan fingerprint density at radius 2 is 2.17 bits per heavy atom. The molecular formula is C14H17BrN2S. The van der Waals surface area contributed by atoms with E-state index >= 15 is 0 Å². The van der Waals surface area contributed by atoms with Crippen molar-refractivity contribution in [2.45, 2.75) is 13.1 Å². The molecule has 0 aliphatic rings. The molecule has 0 spiro atoms. The van der Waals surface area contributed by atoms with Gasteiger partial charge in [0.1, 0.15) is 0 Å². The van der Waals surface area contributed by atoms with Gasteiger partial charge in [0.15, 0.2) is 0 Å². The molecule has 0 atom stereocenters. The van der Waals surface area contributed by atoms with Gasteiger partial charge in [-0.05, 0) is 42.3 Å². The lowest BCUT2D eigenvalue weighted by molar-refractivity contribution is 0.806. The molecule has 0 radical (unpaired) electrons. The van der Waals surface area contributed by atoms with Crippen molar-refractivity contribution < 1.29 is 0 Å². The van der Waals surface area contributed by atoms with E-state index in [1.54, 1.807) is 11.3 Å². The predicted molar refractivity (Wildman–Crippen MR) is 83.3 cm³/mol. The van der Waals surface area contributed by atoms with Crippen molar-refractivity contribution in [3.8, 4) is 0 Å². The Bertz CT molecular complexity index is 497. The van der Waals surface area contributed by atoms with Crippen LogP contribution < -0.4 is 10.2 Å². The molecule has 0 fully saturated rings. The van der Waals surface area contributed by atoms with Gasteiger partial charge >= 0.3 is 0 Å². The van der Waals surface area contributed by atoms with Crippen LogP contribution in [0.2, 0.25) is 0 Å². The van der Waals surface area contributed by atoms with Gasteiger partial charge in [0.25, 0.3) is 0 Å². The van der Waals surface area contributed by atoms with E-state index in [0.717, 1.165) is 17.6 Å². The highest BCUT2D eigenvalue weighted by atomic mass is 79.9. The Kier molecular flexibility index (Phi) is 4.80. The van der Waals surface area contributed by atoms with Gasteiger partial charge < -0.3 is 10.2 Å². The van der Waals surface area contributed by atoms with Gasteiger partial charge in [0.05, 0.1) is 6.54 Å². The molecule has 0 aliphatic heterocycles. The van der Waals surface area contributed by atoms with Crippen LogP contribution in [0.25, 0.3) is 0 Å². The molecular weight excluding hydrogens is 308 g/mol. The summed E-state index contributed by atoms with van der Waals surface area (Å²) in [6.07, 6.45) is 0. The van der Waals surface area contributed by atoms with Crippen molar-refractivity contribution in [1.29, 1.82) is 0 Å². The topological polar surface area (TPSA) is 15.3 Å². The molecule has 2 nitrogen and oxygen atoms in total. The van der Waals surface area contributed by atoms with Crippen molar-refractivity contribution in [3.63, 3.8) is 0 Å². The van der Waals surface area contributed by atoms with Crippen LogP contribution >= 0.6 is 27.3 Å². The van der Waals surface area contributed by atoms with Crippen molar-refractivity contribution in [2.75, 3.05) is 19.0 Å². The van der Waals surface area contributed by atoms with E-state index in [9.17, 15) is 0 Å². The Morgan fingerprint density at radius 1 is 1.33 bits per heavy atom. The minimum absolute atomic E-state index is 0.879. The zero-order chi connectivity index (χ0) is 13.0. The summed E-state index contributed by atoms with van der Waals surface area (Å²) in [5.74, 6) is 0. The van der Waals surface area contributed by atoms with Gasteiger partial charge in [0, 0.05) is 28.6 Å². The van der Waals surface area contributed by atoms with Gasteiger partial charge in [0.2, 0.25) is 0 Å². The van der Waals surface area contributed by atoms with Gasteiger partial charge in [-0.1, -0.05) is 22.0 Å². The third kappa shape index (κ3) is 3.34. The highest BCUT2D eigenvalue weighted by Crippen LogP contribution is 2.25. The quantitative estimate of drug-likeness (QED) is 0.898. The Balaban J connectivity index is 2.20. The maximum absolute atomic E-state index is 3.53. The molecule has 2 rings (SSSR count). The van der Waals surface area contributed by atoms with E-state index in [0.29, 0.717) is 0 Å². The smallest absolute Gasteiger partial charge is 0.0519 e. The summed E-state index contributed by atoms with van der Waals surface area (Å²) in [7, 11) is 4.12. The normalized spacial score (nSPS) is 10.6. The van der Waals surface area contributed by atoms with Gasteiger partial charge in [-0.2, -0.15) is 0 Å². The molecule has 1 aromatic heterocycles. The molecule has 96 valence electrons. The van der Waals surface area contributed by atoms with Crippen LogP contribution in [0.15, 0.2) is 40.2 Å². The lowest BCUT2D eigenvalue weighted by Gasteiger charge is -2.22. The summed E-state index contributed by atoms with van der Waals surface area (Å²) in [4.78, 5) is 3.68. The summed E-state index contributed by atoms with van der Waals surface area (Å²) in [6, 6.07) is 10.7. The number of nitrogens with zero attached hydrogens (tertiary/aromatic N) is 1. The molecule has 4 heteroatoms. The number of halogens is 1. The lowest BCUT2D eigenvalue weighted by Crippen LogP contribution is -2.19. The number of thiophene rings is 1. The van der Waals surface area contributed by atoms with Crippen molar-refractivity contribution >= 4 is 33.0 Å². The fourth-order valence-corrected chi connectivity index (χ4v) is 3.15. The minimum atomic E-state index is 0.879. The van der Waals surface area contributed by atoms with E-state index in [-0.39, 0.29) is 0 Å². The maximum atomic E-state index is 3.53. The molecule has 18 heavy (non-hydrogen) atoms. The molecule has 0 bridgehead atoms. The summed E-state index contributed by atoms with van der Waals surface area (Å²) < 4.78 is 1.13. The van der Waals surface area contributed by atoms with E-state index in [4.69, 9.17) is 0 Å². The number of hydrogen-bond donors (Lipinski definition) is 1. The second-order valence-corrected chi connectivity index (χ2v) is 6.19. The van der Waals surface area contributed by atoms with Crippen LogP contribution in [-0.4, -0.2) is 14.1 Å². The maximum Gasteiger partial charge on any atom is 0.0519 e. The van der Waals surface area contributed by atoms with E-state index < -0.39 is 0 Å². The predicted octanol–water partition coefficient (Wildman–Crippen LogP) is 3.87. The van der Waals surface area contributed by atoms with Crippen LogP contribution in [0.4, 0.5) is 5.69 Å². The zero-order valence-corrected chi connectivity index (χ0v) is 13.0. The largest absolute Gasteiger partial charge is 0.369 e. The Labute approximate surface area is 121 Å². The molecule has 2 aromatic rings. The van der Waals surface area contributed by atoms with Gasteiger partial charge in [-0.25, -0.2) is 0 Å². The number of benzene rings is 1. The van der Waals surface area contributed by atoms with Crippen LogP contribution in [0.1, 0.15) is 10.4 Å². The highest BCUT2D eigenvalue weighted by Gasteiger charge is 2.08. The molecule has 0 saturated carbocycles. The monoisotopic (exact) mass is 324 g/mol. The average molecular weight is 325 g/mol. The number of hydrogen-bond acceptors (Lipinski definition) is 3. The fraction of sp³-hybridized carbons (Fsp3) is 0.286. The summed E-state index contributed by atoms with van der Waals surface area (Å²) >= 11 is 5.33. The van der Waals surface area contributed by atoms with Gasteiger partial charge in [-0.15, -0.1) is 11.3 Å². The van der Waals surface area contributed by atoms with E-state index in [2.05, 4.69) is 68.9 Å². The van der Waals surface area contributed by atoms with Crippen LogP contribution in [0.3, 0.4) is 0 Å². The molecule has 0 saturated heterocycles. The van der Waals surface area contributed by atoms with E-state index in [1.165, 1.54) is 16.1 Å². The molecule has 1 aromatic carbocycles. The first-order chi connectivity index (χ1) is 8.70. The molecule has 0 aliphatic carbocycles. The van der Waals surface area contributed by atoms with Crippen molar-refractivity contribution in [1.82, 2.24) is 5.32 Å². The van der Waals surface area contributed by atoms with Crippen LogP contribution in [0.5, 0.6) is 0 Å². The summed E-state index contributed by atoms with van der Waals surface area (Å²) in [5, 5.41) is 5.34.